The van der Waals surface area contributed by atoms with E-state index in [0.29, 0.717) is 11.1 Å². The summed E-state index contributed by atoms with van der Waals surface area (Å²) in [6.45, 7) is 2.34. The summed E-state index contributed by atoms with van der Waals surface area (Å²) in [4.78, 5) is 9.68. The Morgan fingerprint density at radius 1 is 0.964 bits per heavy atom. The number of H-pyrrole nitrogens is 1. The number of aromatic nitrogens is 2. The normalized spacial score (nSPS) is 18.4. The molecular formula is C24H24FN3. The van der Waals surface area contributed by atoms with Gasteiger partial charge in [0.15, 0.2) is 0 Å². The van der Waals surface area contributed by atoms with Crippen molar-refractivity contribution in [3.63, 3.8) is 0 Å². The number of halogens is 1. The van der Waals surface area contributed by atoms with Crippen molar-refractivity contribution in [3.8, 4) is 11.8 Å². The van der Waals surface area contributed by atoms with Gasteiger partial charge in [0.2, 0.25) is 0 Å². The van der Waals surface area contributed by atoms with Gasteiger partial charge in [-0.2, -0.15) is 0 Å². The van der Waals surface area contributed by atoms with Gasteiger partial charge in [0.1, 0.15) is 11.5 Å². The van der Waals surface area contributed by atoms with Crippen LogP contribution in [0.15, 0.2) is 42.6 Å². The van der Waals surface area contributed by atoms with Gasteiger partial charge in [-0.05, 0) is 73.4 Å². The van der Waals surface area contributed by atoms with Crippen LogP contribution in [0, 0.1) is 23.1 Å². The standard InChI is InChI=1S/C24H24FN3/c25-20-15-19-16-21(27-23(19)26-17-20)6-3-18-4-7-22(8-5-18)28-13-11-24(12-14-28)9-1-2-10-24/h4-5,7-8,15-17H,1-2,9-14H2,(H,26,27). The molecule has 0 radical (unpaired) electrons. The minimum atomic E-state index is -0.335. The molecule has 2 fully saturated rings. The van der Waals surface area contributed by atoms with E-state index in [1.54, 1.807) is 0 Å². The Hall–Kier alpha value is -2.80. The number of fused-ring (bicyclic) bond motifs is 1. The third kappa shape index (κ3) is 3.38. The van der Waals surface area contributed by atoms with E-state index in [1.165, 1.54) is 69.6 Å². The Kier molecular flexibility index (Phi) is 4.31. The summed E-state index contributed by atoms with van der Waals surface area (Å²) >= 11 is 0. The first kappa shape index (κ1) is 17.3. The lowest BCUT2D eigenvalue weighted by Gasteiger charge is -2.40. The molecule has 1 saturated heterocycles. The average molecular weight is 373 g/mol. The van der Waals surface area contributed by atoms with E-state index >= 15 is 0 Å². The van der Waals surface area contributed by atoms with Crippen molar-refractivity contribution in [3.05, 3.63) is 59.7 Å². The van der Waals surface area contributed by atoms with Crippen LogP contribution in [0.1, 0.15) is 49.8 Å². The van der Waals surface area contributed by atoms with Crippen LogP contribution in [-0.2, 0) is 0 Å². The minimum Gasteiger partial charge on any atom is -0.371 e. The van der Waals surface area contributed by atoms with Gasteiger partial charge in [0.25, 0.3) is 0 Å². The second-order valence-electron chi connectivity index (χ2n) is 8.27. The van der Waals surface area contributed by atoms with Crippen LogP contribution in [0.2, 0.25) is 0 Å². The van der Waals surface area contributed by atoms with Crippen molar-refractivity contribution in [1.82, 2.24) is 9.97 Å². The fraction of sp³-hybridized carbons (Fsp3) is 0.375. The zero-order valence-electron chi connectivity index (χ0n) is 16.0. The van der Waals surface area contributed by atoms with Crippen molar-refractivity contribution < 1.29 is 4.39 Å². The van der Waals surface area contributed by atoms with Gasteiger partial charge >= 0.3 is 0 Å². The van der Waals surface area contributed by atoms with E-state index in [-0.39, 0.29) is 5.82 Å². The molecule has 3 heterocycles. The van der Waals surface area contributed by atoms with Crippen LogP contribution in [0.5, 0.6) is 0 Å². The SMILES string of the molecule is Fc1cnc2[nH]c(C#Cc3ccc(N4CCC5(CCCC5)CC4)cc3)cc2c1. The number of anilines is 1. The molecule has 142 valence electrons. The summed E-state index contributed by atoms with van der Waals surface area (Å²) in [7, 11) is 0. The maximum atomic E-state index is 13.3. The van der Waals surface area contributed by atoms with Gasteiger partial charge < -0.3 is 9.88 Å². The highest BCUT2D eigenvalue weighted by atomic mass is 19.1. The van der Waals surface area contributed by atoms with Gasteiger partial charge in [-0.1, -0.05) is 18.8 Å². The van der Waals surface area contributed by atoms with Crippen LogP contribution in [0.4, 0.5) is 10.1 Å². The molecular weight excluding hydrogens is 349 g/mol. The van der Waals surface area contributed by atoms with Crippen LogP contribution < -0.4 is 4.90 Å². The molecule has 0 unspecified atom stereocenters. The number of aromatic amines is 1. The molecule has 0 bridgehead atoms. The predicted octanol–water partition coefficient (Wildman–Crippen LogP) is 5.26. The smallest absolute Gasteiger partial charge is 0.142 e. The monoisotopic (exact) mass is 373 g/mol. The summed E-state index contributed by atoms with van der Waals surface area (Å²) < 4.78 is 13.3. The molecule has 0 atom stereocenters. The largest absolute Gasteiger partial charge is 0.371 e. The maximum absolute atomic E-state index is 13.3. The topological polar surface area (TPSA) is 31.9 Å². The van der Waals surface area contributed by atoms with Gasteiger partial charge in [-0.25, -0.2) is 9.37 Å². The summed E-state index contributed by atoms with van der Waals surface area (Å²) in [5, 5.41) is 0.741. The first-order valence-electron chi connectivity index (χ1n) is 10.2. The van der Waals surface area contributed by atoms with Crippen LogP contribution in [0.25, 0.3) is 11.0 Å². The van der Waals surface area contributed by atoms with Crippen LogP contribution in [-0.4, -0.2) is 23.1 Å². The van der Waals surface area contributed by atoms with Crippen molar-refractivity contribution >= 4 is 16.7 Å². The quantitative estimate of drug-likeness (QED) is 0.590. The van der Waals surface area contributed by atoms with E-state index in [4.69, 9.17) is 0 Å². The van der Waals surface area contributed by atoms with E-state index in [9.17, 15) is 4.39 Å². The highest BCUT2D eigenvalue weighted by Crippen LogP contribution is 2.46. The molecule has 1 aliphatic carbocycles. The van der Waals surface area contributed by atoms with Gasteiger partial charge in [0.05, 0.1) is 11.9 Å². The third-order valence-electron chi connectivity index (χ3n) is 6.50. The number of nitrogens with one attached hydrogen (secondary N) is 1. The molecule has 4 heteroatoms. The summed E-state index contributed by atoms with van der Waals surface area (Å²) in [6.07, 6.45) is 9.61. The van der Waals surface area contributed by atoms with E-state index in [1.807, 2.05) is 6.07 Å². The molecule has 2 aliphatic rings. The lowest BCUT2D eigenvalue weighted by molar-refractivity contribution is 0.226. The Morgan fingerprint density at radius 3 is 2.46 bits per heavy atom. The van der Waals surface area contributed by atoms with E-state index < -0.39 is 0 Å². The lowest BCUT2D eigenvalue weighted by atomic mass is 9.77. The first-order valence-corrected chi connectivity index (χ1v) is 10.2. The number of hydrogen-bond donors (Lipinski definition) is 1. The molecule has 1 saturated carbocycles. The fourth-order valence-electron chi connectivity index (χ4n) is 4.82. The highest BCUT2D eigenvalue weighted by Gasteiger charge is 2.36. The van der Waals surface area contributed by atoms with Gasteiger partial charge in [0, 0.05) is 29.7 Å². The molecule has 5 rings (SSSR count). The number of benzene rings is 1. The fourth-order valence-corrected chi connectivity index (χ4v) is 4.82. The summed E-state index contributed by atoms with van der Waals surface area (Å²) in [5.41, 5.74) is 4.33. The molecule has 1 spiro atoms. The lowest BCUT2D eigenvalue weighted by Crippen LogP contribution is -2.38. The zero-order valence-corrected chi connectivity index (χ0v) is 16.0. The molecule has 1 aromatic carbocycles. The van der Waals surface area contributed by atoms with E-state index in [2.05, 4.69) is 51.0 Å². The molecule has 28 heavy (non-hydrogen) atoms. The second kappa shape index (κ2) is 6.98. The molecule has 1 aliphatic heterocycles. The average Bonchev–Trinajstić information content (AvgIpc) is 3.34. The molecule has 1 N–H and O–H groups in total. The van der Waals surface area contributed by atoms with Crippen LogP contribution in [0.3, 0.4) is 0 Å². The molecule has 0 amide bonds. The predicted molar refractivity (Wildman–Crippen MR) is 111 cm³/mol. The van der Waals surface area contributed by atoms with Crippen molar-refractivity contribution in [2.24, 2.45) is 5.41 Å². The Bertz CT molecular complexity index is 1040. The van der Waals surface area contributed by atoms with E-state index in [0.717, 1.165) is 16.6 Å². The summed E-state index contributed by atoms with van der Waals surface area (Å²) in [6, 6.07) is 11.8. The summed E-state index contributed by atoms with van der Waals surface area (Å²) in [5.74, 6) is 5.97. The molecule has 2 aromatic heterocycles. The zero-order chi connectivity index (χ0) is 19.0. The first-order chi connectivity index (χ1) is 13.7. The van der Waals surface area contributed by atoms with Crippen molar-refractivity contribution in [2.75, 3.05) is 18.0 Å². The van der Waals surface area contributed by atoms with Gasteiger partial charge in [-0.3, -0.25) is 0 Å². The Balaban J connectivity index is 1.27. The number of rotatable bonds is 1. The van der Waals surface area contributed by atoms with Crippen LogP contribution >= 0.6 is 0 Å². The van der Waals surface area contributed by atoms with Crippen molar-refractivity contribution in [2.45, 2.75) is 38.5 Å². The number of pyridine rings is 1. The molecule has 3 aromatic rings. The van der Waals surface area contributed by atoms with Crippen molar-refractivity contribution in [1.29, 1.82) is 0 Å². The van der Waals surface area contributed by atoms with Gasteiger partial charge in [-0.15, -0.1) is 0 Å². The Labute approximate surface area is 165 Å². The number of piperidine rings is 1. The number of hydrogen-bond acceptors (Lipinski definition) is 2. The highest BCUT2D eigenvalue weighted by molar-refractivity contribution is 5.77. The minimum absolute atomic E-state index is 0.335. The third-order valence-corrected chi connectivity index (χ3v) is 6.50. The molecule has 3 nitrogen and oxygen atoms in total. The maximum Gasteiger partial charge on any atom is 0.142 e. The Morgan fingerprint density at radius 2 is 1.71 bits per heavy atom. The number of nitrogens with zero attached hydrogens (tertiary/aromatic N) is 2. The second-order valence-corrected chi connectivity index (χ2v) is 8.27.